The zero-order valence-electron chi connectivity index (χ0n) is 5.83. The highest BCUT2D eigenvalue weighted by Crippen LogP contribution is 2.29. The second-order valence-electron chi connectivity index (χ2n) is 3.33. The van der Waals surface area contributed by atoms with E-state index in [1.165, 1.54) is 0 Å². The number of aliphatic hydroxyl groups excluding tert-OH is 2. The summed E-state index contributed by atoms with van der Waals surface area (Å²) in [5, 5.41) is 21.9. The first-order valence-corrected chi connectivity index (χ1v) is 3.88. The molecular weight excluding hydrogens is 130 g/mol. The van der Waals surface area contributed by atoms with Crippen LogP contribution in [0.5, 0.6) is 0 Å². The molecule has 3 rings (SSSR count). The van der Waals surface area contributed by atoms with Crippen LogP contribution in [0.3, 0.4) is 0 Å². The molecule has 58 valence electrons. The zero-order chi connectivity index (χ0) is 7.14. The maximum atomic E-state index is 9.38. The maximum absolute atomic E-state index is 9.38. The minimum atomic E-state index is -0.521. The lowest BCUT2D eigenvalue weighted by atomic mass is 9.77. The lowest BCUT2D eigenvalue weighted by Crippen LogP contribution is -2.61. The Morgan fingerprint density at radius 3 is 2.20 bits per heavy atom. The van der Waals surface area contributed by atoms with Crippen LogP contribution >= 0.6 is 0 Å². The summed E-state index contributed by atoms with van der Waals surface area (Å²) in [5.74, 6) is 0.292. The Morgan fingerprint density at radius 2 is 1.90 bits per heavy atom. The monoisotopic (exact) mass is 143 g/mol. The van der Waals surface area contributed by atoms with Crippen molar-refractivity contribution >= 4 is 0 Å². The van der Waals surface area contributed by atoms with Crippen LogP contribution in [0, 0.1) is 5.92 Å². The van der Waals surface area contributed by atoms with Crippen molar-refractivity contribution in [1.29, 1.82) is 0 Å². The molecule has 10 heavy (non-hydrogen) atoms. The van der Waals surface area contributed by atoms with E-state index in [2.05, 4.69) is 5.32 Å². The Bertz CT molecular complexity index is 112. The summed E-state index contributed by atoms with van der Waals surface area (Å²) in [6, 6.07) is 0.153. The van der Waals surface area contributed by atoms with Crippen molar-refractivity contribution in [3.05, 3.63) is 0 Å². The Labute approximate surface area is 60.1 Å². The summed E-state index contributed by atoms with van der Waals surface area (Å²) >= 11 is 0. The Kier molecular flexibility index (Phi) is 1.44. The molecule has 0 spiro atoms. The summed E-state index contributed by atoms with van der Waals surface area (Å²) in [5.41, 5.74) is 0. The summed E-state index contributed by atoms with van der Waals surface area (Å²) < 4.78 is 0. The van der Waals surface area contributed by atoms with E-state index in [1.807, 2.05) is 0 Å². The quantitative estimate of drug-likeness (QED) is 0.411. The first-order chi connectivity index (χ1) is 4.79. The van der Waals surface area contributed by atoms with Gasteiger partial charge in [-0.2, -0.15) is 0 Å². The number of piperidine rings is 2. The van der Waals surface area contributed by atoms with E-state index < -0.39 is 12.2 Å². The van der Waals surface area contributed by atoms with Crippen molar-refractivity contribution in [2.75, 3.05) is 6.54 Å². The van der Waals surface area contributed by atoms with Crippen LogP contribution in [-0.4, -0.2) is 35.0 Å². The van der Waals surface area contributed by atoms with Gasteiger partial charge in [-0.15, -0.1) is 0 Å². The van der Waals surface area contributed by atoms with Crippen molar-refractivity contribution in [2.24, 2.45) is 5.92 Å². The highest BCUT2D eigenvalue weighted by Gasteiger charge is 2.41. The molecule has 2 saturated heterocycles. The molecule has 2 aliphatic heterocycles. The van der Waals surface area contributed by atoms with Crippen LogP contribution in [0.2, 0.25) is 0 Å². The van der Waals surface area contributed by atoms with Crippen LogP contribution in [0.4, 0.5) is 0 Å². The molecule has 3 fully saturated rings. The van der Waals surface area contributed by atoms with Gasteiger partial charge >= 0.3 is 0 Å². The zero-order valence-corrected chi connectivity index (χ0v) is 5.83. The van der Waals surface area contributed by atoms with Crippen molar-refractivity contribution in [2.45, 2.75) is 31.1 Å². The number of hydrogen-bond acceptors (Lipinski definition) is 3. The fourth-order valence-electron chi connectivity index (χ4n) is 2.00. The average Bonchev–Trinajstić information content (AvgIpc) is 2.00. The number of aliphatic hydroxyl groups is 2. The van der Waals surface area contributed by atoms with Crippen molar-refractivity contribution in [3.8, 4) is 0 Å². The molecule has 3 nitrogen and oxygen atoms in total. The van der Waals surface area contributed by atoms with Gasteiger partial charge in [0.25, 0.3) is 0 Å². The first kappa shape index (κ1) is 6.58. The van der Waals surface area contributed by atoms with Crippen molar-refractivity contribution < 1.29 is 10.2 Å². The summed E-state index contributed by atoms with van der Waals surface area (Å²) in [4.78, 5) is 0. The smallest absolute Gasteiger partial charge is 0.0954 e. The van der Waals surface area contributed by atoms with Gasteiger partial charge in [-0.25, -0.2) is 0 Å². The van der Waals surface area contributed by atoms with Gasteiger partial charge in [0.1, 0.15) is 0 Å². The van der Waals surface area contributed by atoms with Gasteiger partial charge in [0.2, 0.25) is 0 Å². The topological polar surface area (TPSA) is 52.5 Å². The van der Waals surface area contributed by atoms with Crippen molar-refractivity contribution in [3.63, 3.8) is 0 Å². The first-order valence-electron chi connectivity index (χ1n) is 3.88. The molecule has 0 amide bonds. The molecule has 3 N–H and O–H groups in total. The van der Waals surface area contributed by atoms with E-state index >= 15 is 0 Å². The third-order valence-corrected chi connectivity index (χ3v) is 2.74. The fraction of sp³-hybridized carbons (Fsp3) is 1.00. The molecule has 3 heteroatoms. The molecule has 0 unspecified atom stereocenters. The van der Waals surface area contributed by atoms with Crippen LogP contribution in [0.15, 0.2) is 0 Å². The molecule has 2 heterocycles. The summed E-state index contributed by atoms with van der Waals surface area (Å²) in [6.45, 7) is 0.878. The molecule has 0 radical (unpaired) electrons. The molecule has 1 aliphatic carbocycles. The van der Waals surface area contributed by atoms with Crippen LogP contribution in [0.1, 0.15) is 12.8 Å². The van der Waals surface area contributed by atoms with Gasteiger partial charge < -0.3 is 15.5 Å². The van der Waals surface area contributed by atoms with E-state index in [0.29, 0.717) is 5.92 Å². The van der Waals surface area contributed by atoms with Crippen LogP contribution in [-0.2, 0) is 0 Å². The number of hydrogen-bond donors (Lipinski definition) is 3. The normalized spacial score (nSPS) is 53.4. The Hall–Kier alpha value is -0.120. The Balaban J connectivity index is 2.13. The van der Waals surface area contributed by atoms with Gasteiger partial charge in [0, 0.05) is 12.6 Å². The van der Waals surface area contributed by atoms with E-state index in [4.69, 9.17) is 0 Å². The van der Waals surface area contributed by atoms with E-state index in [0.717, 1.165) is 19.4 Å². The third-order valence-electron chi connectivity index (χ3n) is 2.74. The highest BCUT2D eigenvalue weighted by atomic mass is 16.3. The number of fused-ring (bicyclic) bond motifs is 3. The maximum Gasteiger partial charge on any atom is 0.0954 e. The average molecular weight is 143 g/mol. The highest BCUT2D eigenvalue weighted by molar-refractivity contribution is 4.97. The summed E-state index contributed by atoms with van der Waals surface area (Å²) in [6.07, 6.45) is 1.09. The second kappa shape index (κ2) is 2.19. The Morgan fingerprint density at radius 1 is 1.10 bits per heavy atom. The molecule has 2 bridgehead atoms. The van der Waals surface area contributed by atoms with E-state index in [1.54, 1.807) is 0 Å². The van der Waals surface area contributed by atoms with Gasteiger partial charge in [-0.05, 0) is 18.8 Å². The number of nitrogens with one attached hydrogen (secondary N) is 1. The predicted molar refractivity (Wildman–Crippen MR) is 36.5 cm³/mol. The van der Waals surface area contributed by atoms with Gasteiger partial charge in [-0.1, -0.05) is 0 Å². The predicted octanol–water partition coefficient (Wildman–Crippen LogP) is -0.910. The largest absolute Gasteiger partial charge is 0.390 e. The standard InChI is InChI=1S/C7H13NO2/c9-6-4-1-2-5(7(6)10)8-3-4/h4-10H,1-3H2/t4-,5+,6-,7-/m0/s1. The molecular formula is C7H13NO2. The lowest BCUT2D eigenvalue weighted by molar-refractivity contribution is -0.0875. The van der Waals surface area contributed by atoms with Gasteiger partial charge in [0.15, 0.2) is 0 Å². The minimum Gasteiger partial charge on any atom is -0.390 e. The molecule has 0 aromatic rings. The molecule has 1 saturated carbocycles. The summed E-state index contributed by atoms with van der Waals surface area (Å²) in [7, 11) is 0. The second-order valence-corrected chi connectivity index (χ2v) is 3.33. The fourth-order valence-corrected chi connectivity index (χ4v) is 2.00. The minimum absolute atomic E-state index is 0.153. The molecule has 0 aromatic carbocycles. The van der Waals surface area contributed by atoms with Gasteiger partial charge in [0.05, 0.1) is 12.2 Å². The lowest BCUT2D eigenvalue weighted by Gasteiger charge is -2.44. The molecule has 3 aliphatic rings. The SMILES string of the molecule is O[C@@H]1[C@@H](O)[C@H]2CC[C@H]1NC2. The van der Waals surface area contributed by atoms with E-state index in [-0.39, 0.29) is 6.04 Å². The number of rotatable bonds is 0. The van der Waals surface area contributed by atoms with Gasteiger partial charge in [-0.3, -0.25) is 0 Å². The van der Waals surface area contributed by atoms with Crippen LogP contribution < -0.4 is 5.32 Å². The van der Waals surface area contributed by atoms with E-state index in [9.17, 15) is 10.2 Å². The van der Waals surface area contributed by atoms with Crippen LogP contribution in [0.25, 0.3) is 0 Å². The van der Waals surface area contributed by atoms with Crippen molar-refractivity contribution in [1.82, 2.24) is 5.32 Å². The molecule has 4 atom stereocenters. The third kappa shape index (κ3) is 0.779. The molecule has 0 aromatic heterocycles.